The molecule has 1 aliphatic heterocycles. The Bertz CT molecular complexity index is 969. The van der Waals surface area contributed by atoms with Gasteiger partial charge in [0.1, 0.15) is 17.6 Å². The van der Waals surface area contributed by atoms with E-state index in [9.17, 15) is 22.8 Å². The van der Waals surface area contributed by atoms with Crippen molar-refractivity contribution in [2.45, 2.75) is 32.0 Å². The zero-order valence-corrected chi connectivity index (χ0v) is 18.9. The third-order valence-corrected chi connectivity index (χ3v) is 5.23. The van der Waals surface area contributed by atoms with Gasteiger partial charge in [-0.25, -0.2) is 0 Å². The normalized spacial score (nSPS) is 20.4. The second-order valence-electron chi connectivity index (χ2n) is 7.89. The highest BCUT2D eigenvalue weighted by Gasteiger charge is 2.34. The fourth-order valence-electron chi connectivity index (χ4n) is 3.75. The lowest BCUT2D eigenvalue weighted by Crippen LogP contribution is -2.47. The number of halogens is 3. The number of carbonyl (C=O) groups excluding carboxylic acids is 2. The largest absolute Gasteiger partial charge is 0.636 e. The number of ether oxygens (including phenoxy) is 2. The number of allylic oxidation sites excluding steroid dienone is 2. The quantitative estimate of drug-likeness (QED) is 0.440. The maximum Gasteiger partial charge on any atom is 0.636 e. The number of nitrogens with zero attached hydrogens (tertiary/aromatic N) is 1. The van der Waals surface area contributed by atoms with E-state index in [-0.39, 0.29) is 18.8 Å². The molecule has 0 bridgehead atoms. The lowest BCUT2D eigenvalue weighted by Gasteiger charge is -2.22. The van der Waals surface area contributed by atoms with E-state index < -0.39 is 37.9 Å². The first-order valence-corrected chi connectivity index (χ1v) is 10.7. The highest BCUT2D eigenvalue weighted by atomic mass is 19.4. The number of alkyl halides is 3. The summed E-state index contributed by atoms with van der Waals surface area (Å²) < 4.78 is 59.2. The molecule has 1 aliphatic carbocycles. The molecule has 1 aromatic carbocycles. The number of likely N-dealkylation sites (N-methyl/N-ethyl adjacent to an activating group) is 1. The van der Waals surface area contributed by atoms with Gasteiger partial charge in [0.2, 0.25) is 0 Å². The van der Waals surface area contributed by atoms with Crippen LogP contribution in [0.3, 0.4) is 0 Å². The summed E-state index contributed by atoms with van der Waals surface area (Å²) in [6.45, 7) is 3.95. The van der Waals surface area contributed by atoms with Gasteiger partial charge in [0.25, 0.3) is 0 Å². The van der Waals surface area contributed by atoms with E-state index >= 15 is 0 Å². The van der Waals surface area contributed by atoms with E-state index in [2.05, 4.69) is 6.58 Å². The van der Waals surface area contributed by atoms with E-state index in [1.54, 1.807) is 44.3 Å². The Balaban J connectivity index is 1.70. The Morgan fingerprint density at radius 2 is 1.82 bits per heavy atom. The first kappa shape index (κ1) is 25.4. The summed E-state index contributed by atoms with van der Waals surface area (Å²) in [5, 5.41) is 0. The second kappa shape index (κ2) is 10.8. The predicted molar refractivity (Wildman–Crippen MR) is 118 cm³/mol. The van der Waals surface area contributed by atoms with Crippen molar-refractivity contribution >= 4 is 24.5 Å². The number of rotatable bonds is 7. The molecule has 2 aliphatic rings. The number of carbonyl (C=O) groups is 2. The van der Waals surface area contributed by atoms with E-state index in [1.807, 2.05) is 0 Å². The molecule has 7 nitrogen and oxygen atoms in total. The van der Waals surface area contributed by atoms with Crippen LogP contribution >= 0.6 is 0 Å². The van der Waals surface area contributed by atoms with Crippen LogP contribution in [0.4, 0.5) is 13.2 Å². The van der Waals surface area contributed by atoms with Crippen LogP contribution in [0.25, 0.3) is 0 Å². The van der Waals surface area contributed by atoms with Crippen LogP contribution in [0.5, 0.6) is 5.75 Å². The maximum absolute atomic E-state index is 12.6. The standard InChI is InChI=1S/C23H25BF3NO6/c1-4-17-18(19(5-2)31-14-23(25,26)27)10-11-20(17)32-16-8-6-15(7-9-16)24-33-21(29)12-28(3)13-22(30)34-24/h4-9,20H,1,10-14H2,2-3H3/b19-5+. The summed E-state index contributed by atoms with van der Waals surface area (Å²) in [7, 11) is 0.448. The van der Waals surface area contributed by atoms with Crippen LogP contribution in [0.2, 0.25) is 0 Å². The Morgan fingerprint density at radius 1 is 1.21 bits per heavy atom. The molecule has 182 valence electrons. The molecule has 0 aromatic heterocycles. The minimum absolute atomic E-state index is 0.0334. The fraction of sp³-hybridized carbons (Fsp3) is 0.391. The van der Waals surface area contributed by atoms with Crippen LogP contribution < -0.4 is 10.2 Å². The van der Waals surface area contributed by atoms with Gasteiger partial charge >= 0.3 is 25.2 Å². The van der Waals surface area contributed by atoms with Gasteiger partial charge in [-0.1, -0.05) is 24.8 Å². The van der Waals surface area contributed by atoms with Crippen molar-refractivity contribution in [1.29, 1.82) is 0 Å². The molecular weight excluding hydrogens is 454 g/mol. The molecule has 0 saturated carbocycles. The van der Waals surface area contributed by atoms with Crippen LogP contribution in [-0.4, -0.2) is 63.0 Å². The molecule has 1 unspecified atom stereocenters. The fourth-order valence-corrected chi connectivity index (χ4v) is 3.75. The highest BCUT2D eigenvalue weighted by Crippen LogP contribution is 2.36. The topological polar surface area (TPSA) is 74.3 Å². The Morgan fingerprint density at radius 3 is 2.35 bits per heavy atom. The first-order valence-electron chi connectivity index (χ1n) is 10.7. The number of hydrogen-bond donors (Lipinski definition) is 0. The monoisotopic (exact) mass is 479 g/mol. The Hall–Kier alpha value is -3.21. The van der Waals surface area contributed by atoms with Crippen molar-refractivity contribution in [3.63, 3.8) is 0 Å². The molecule has 3 rings (SSSR count). The van der Waals surface area contributed by atoms with Gasteiger partial charge in [-0.15, -0.1) is 0 Å². The summed E-state index contributed by atoms with van der Waals surface area (Å²) in [6, 6.07) is 6.50. The van der Waals surface area contributed by atoms with Gasteiger partial charge in [0.15, 0.2) is 6.61 Å². The Labute approximate surface area is 195 Å². The lowest BCUT2D eigenvalue weighted by molar-refractivity contribution is -0.164. The second-order valence-corrected chi connectivity index (χ2v) is 7.89. The zero-order valence-electron chi connectivity index (χ0n) is 18.9. The predicted octanol–water partition coefficient (Wildman–Crippen LogP) is 2.92. The van der Waals surface area contributed by atoms with Gasteiger partial charge in [-0.3, -0.25) is 14.5 Å². The minimum atomic E-state index is -4.44. The molecule has 0 N–H and O–H groups in total. The minimum Gasteiger partial charge on any atom is -0.494 e. The molecule has 1 atom stereocenters. The molecular formula is C23H25BF3NO6. The van der Waals surface area contributed by atoms with Crippen LogP contribution in [0, 0.1) is 0 Å². The van der Waals surface area contributed by atoms with Gasteiger partial charge in [0.05, 0.1) is 13.1 Å². The number of hydrogen-bond acceptors (Lipinski definition) is 7. The average molecular weight is 479 g/mol. The van der Waals surface area contributed by atoms with Gasteiger partial charge in [-0.05, 0) is 50.6 Å². The van der Waals surface area contributed by atoms with Crippen LogP contribution in [-0.2, 0) is 23.6 Å². The molecule has 0 spiro atoms. The molecule has 11 heteroatoms. The van der Waals surface area contributed by atoms with Crippen molar-refractivity contribution in [1.82, 2.24) is 4.90 Å². The number of benzene rings is 1. The summed E-state index contributed by atoms with van der Waals surface area (Å²) in [5.74, 6) is -0.401. The third-order valence-electron chi connectivity index (χ3n) is 5.23. The maximum atomic E-state index is 12.6. The van der Waals surface area contributed by atoms with E-state index in [0.29, 0.717) is 35.2 Å². The molecule has 0 amide bonds. The van der Waals surface area contributed by atoms with Gasteiger partial charge in [0, 0.05) is 11.0 Å². The van der Waals surface area contributed by atoms with Crippen molar-refractivity contribution in [2.24, 2.45) is 0 Å². The smallest absolute Gasteiger partial charge is 0.494 e. The van der Waals surface area contributed by atoms with Crippen molar-refractivity contribution in [3.8, 4) is 5.75 Å². The molecule has 34 heavy (non-hydrogen) atoms. The van der Waals surface area contributed by atoms with Crippen LogP contribution in [0.1, 0.15) is 19.8 Å². The van der Waals surface area contributed by atoms with Crippen molar-refractivity contribution < 1.29 is 41.5 Å². The van der Waals surface area contributed by atoms with Gasteiger partial charge in [-0.2, -0.15) is 13.2 Å². The third kappa shape index (κ3) is 6.66. The molecule has 1 saturated heterocycles. The first-order chi connectivity index (χ1) is 16.1. The van der Waals surface area contributed by atoms with Crippen LogP contribution in [0.15, 0.2) is 59.9 Å². The van der Waals surface area contributed by atoms with E-state index in [1.165, 1.54) is 11.0 Å². The summed E-state index contributed by atoms with van der Waals surface area (Å²) in [6.07, 6.45) is -0.784. The molecule has 1 heterocycles. The molecule has 1 aromatic rings. The summed E-state index contributed by atoms with van der Waals surface area (Å²) >= 11 is 0. The summed E-state index contributed by atoms with van der Waals surface area (Å²) in [5.41, 5.74) is 1.75. The lowest BCUT2D eigenvalue weighted by atomic mass is 9.78. The molecule has 0 radical (unpaired) electrons. The molecule has 1 fully saturated rings. The van der Waals surface area contributed by atoms with Gasteiger partial charge < -0.3 is 18.8 Å². The van der Waals surface area contributed by atoms with E-state index in [0.717, 1.165) is 0 Å². The zero-order chi connectivity index (χ0) is 24.9. The van der Waals surface area contributed by atoms with Crippen molar-refractivity contribution in [3.05, 3.63) is 59.9 Å². The SMILES string of the molecule is C=CC1=C(/C(=C\C)OCC(F)(F)F)CCC1Oc1ccc(B2OC(=O)CN(C)CC(=O)O2)cc1. The van der Waals surface area contributed by atoms with Crippen molar-refractivity contribution in [2.75, 3.05) is 26.7 Å². The Kier molecular flexibility index (Phi) is 8.09. The average Bonchev–Trinajstić information content (AvgIpc) is 3.14. The van der Waals surface area contributed by atoms with E-state index in [4.69, 9.17) is 18.8 Å². The summed E-state index contributed by atoms with van der Waals surface area (Å²) in [4.78, 5) is 25.4. The highest BCUT2D eigenvalue weighted by molar-refractivity contribution is 6.64.